The van der Waals surface area contributed by atoms with E-state index in [2.05, 4.69) is 26.0 Å². The minimum Gasteiger partial charge on any atom is -0.379 e. The highest BCUT2D eigenvalue weighted by molar-refractivity contribution is 14.0. The van der Waals surface area contributed by atoms with Crippen LogP contribution >= 0.6 is 35.7 Å². The Hall–Kier alpha value is -1.08. The first-order valence-corrected chi connectivity index (χ1v) is 7.70. The lowest BCUT2D eigenvalue weighted by molar-refractivity contribution is 0.619. The summed E-state index contributed by atoms with van der Waals surface area (Å²) >= 11 is 1.31. The van der Waals surface area contributed by atoms with Crippen LogP contribution in [0.1, 0.15) is 22.3 Å². The third-order valence-corrected chi connectivity index (χ3v) is 4.20. The Morgan fingerprint density at radius 2 is 1.82 bits per heavy atom. The van der Waals surface area contributed by atoms with Crippen LogP contribution in [-0.2, 0) is 5.75 Å². The summed E-state index contributed by atoms with van der Waals surface area (Å²) in [7, 11) is 0. The van der Waals surface area contributed by atoms with Gasteiger partial charge in [0.25, 0.3) is 0 Å². The predicted octanol–water partition coefficient (Wildman–Crippen LogP) is 5.16. The summed E-state index contributed by atoms with van der Waals surface area (Å²) in [6.45, 7) is 5.88. The van der Waals surface area contributed by atoms with Gasteiger partial charge in [0.1, 0.15) is 5.82 Å². The van der Waals surface area contributed by atoms with Crippen molar-refractivity contribution >= 4 is 40.9 Å². The van der Waals surface area contributed by atoms with Gasteiger partial charge < -0.3 is 5.73 Å². The fourth-order valence-corrected chi connectivity index (χ4v) is 3.09. The second kappa shape index (κ2) is 7.97. The highest BCUT2D eigenvalue weighted by Gasteiger charge is 2.11. The van der Waals surface area contributed by atoms with E-state index in [9.17, 15) is 4.39 Å². The number of nitrogens with one attached hydrogen (secondary N) is 1. The maximum absolute atomic E-state index is 13.5. The number of amidine groups is 1. The second-order valence-corrected chi connectivity index (χ2v) is 6.24. The van der Waals surface area contributed by atoms with Gasteiger partial charge in [-0.15, -0.1) is 24.0 Å². The van der Waals surface area contributed by atoms with Crippen LogP contribution in [0.25, 0.3) is 11.1 Å². The van der Waals surface area contributed by atoms with Gasteiger partial charge in [0.05, 0.1) is 0 Å². The molecule has 5 heteroatoms. The predicted molar refractivity (Wildman–Crippen MR) is 105 cm³/mol. The number of nitrogens with two attached hydrogens (primary N) is 1. The maximum Gasteiger partial charge on any atom is 0.151 e. The van der Waals surface area contributed by atoms with E-state index in [0.29, 0.717) is 11.3 Å². The third kappa shape index (κ3) is 4.46. The van der Waals surface area contributed by atoms with E-state index >= 15 is 0 Å². The molecule has 3 N–H and O–H groups in total. The van der Waals surface area contributed by atoms with E-state index < -0.39 is 0 Å². The third-order valence-electron chi connectivity index (χ3n) is 3.46. The molecular formula is C17H20FIN2S. The zero-order chi connectivity index (χ0) is 15.6. The normalized spacial score (nSPS) is 10.2. The van der Waals surface area contributed by atoms with Crippen LogP contribution in [0.2, 0.25) is 0 Å². The fraction of sp³-hybridized carbons (Fsp3) is 0.235. The van der Waals surface area contributed by atoms with Crippen LogP contribution in [0, 0.1) is 32.0 Å². The molecule has 0 radical (unpaired) electrons. The smallest absolute Gasteiger partial charge is 0.151 e. The molecule has 2 rings (SSSR count). The molecule has 0 aromatic heterocycles. The summed E-state index contributed by atoms with van der Waals surface area (Å²) in [6, 6.07) is 9.40. The van der Waals surface area contributed by atoms with E-state index in [0.717, 1.165) is 16.7 Å². The van der Waals surface area contributed by atoms with Crippen molar-refractivity contribution in [3.05, 3.63) is 58.4 Å². The van der Waals surface area contributed by atoms with Gasteiger partial charge in [-0.05, 0) is 60.7 Å². The molecule has 0 unspecified atom stereocenters. The van der Waals surface area contributed by atoms with Crippen LogP contribution in [0.15, 0.2) is 30.3 Å². The number of hydrogen-bond donors (Lipinski definition) is 2. The summed E-state index contributed by atoms with van der Waals surface area (Å²) in [6.07, 6.45) is 0. The van der Waals surface area contributed by atoms with E-state index in [4.69, 9.17) is 11.1 Å². The van der Waals surface area contributed by atoms with Gasteiger partial charge in [0.2, 0.25) is 0 Å². The van der Waals surface area contributed by atoms with Crippen LogP contribution < -0.4 is 5.73 Å². The van der Waals surface area contributed by atoms with Gasteiger partial charge >= 0.3 is 0 Å². The number of aryl methyl sites for hydroxylation is 3. The van der Waals surface area contributed by atoms with Crippen molar-refractivity contribution in [2.75, 3.05) is 0 Å². The highest BCUT2D eigenvalue weighted by Crippen LogP contribution is 2.31. The number of hydrogen-bond acceptors (Lipinski definition) is 2. The SMILES string of the molecule is Cc1cc(C)c(CSC(=N)N)c(-c2ccc(F)c(C)c2)c1.I. The zero-order valence-electron chi connectivity index (χ0n) is 12.9. The molecule has 0 aliphatic rings. The van der Waals surface area contributed by atoms with E-state index in [-0.39, 0.29) is 35.0 Å². The first-order chi connectivity index (χ1) is 9.88. The Balaban J connectivity index is 0.00000242. The van der Waals surface area contributed by atoms with E-state index in [1.165, 1.54) is 29.0 Å². The lowest BCUT2D eigenvalue weighted by Gasteiger charge is -2.15. The quantitative estimate of drug-likeness (QED) is 0.402. The van der Waals surface area contributed by atoms with Gasteiger partial charge in [-0.1, -0.05) is 35.5 Å². The highest BCUT2D eigenvalue weighted by atomic mass is 127. The second-order valence-electron chi connectivity index (χ2n) is 5.22. The van der Waals surface area contributed by atoms with Crippen molar-refractivity contribution in [2.24, 2.45) is 5.73 Å². The molecule has 0 aliphatic carbocycles. The molecule has 2 aromatic carbocycles. The van der Waals surface area contributed by atoms with Crippen molar-refractivity contribution in [2.45, 2.75) is 26.5 Å². The Morgan fingerprint density at radius 3 is 2.41 bits per heavy atom. The number of thioether (sulfide) groups is 1. The van der Waals surface area contributed by atoms with E-state index in [1.807, 2.05) is 6.07 Å². The fourth-order valence-electron chi connectivity index (χ4n) is 2.41. The zero-order valence-corrected chi connectivity index (χ0v) is 16.0. The molecular weight excluding hydrogens is 410 g/mol. The van der Waals surface area contributed by atoms with Gasteiger partial charge in [-0.3, -0.25) is 5.41 Å². The number of rotatable bonds is 3. The van der Waals surface area contributed by atoms with Crippen LogP contribution in [0.5, 0.6) is 0 Å². The minimum absolute atomic E-state index is 0. The van der Waals surface area contributed by atoms with Crippen molar-refractivity contribution in [3.8, 4) is 11.1 Å². The lowest BCUT2D eigenvalue weighted by atomic mass is 9.94. The Morgan fingerprint density at radius 1 is 1.14 bits per heavy atom. The summed E-state index contributed by atoms with van der Waals surface area (Å²) in [5.41, 5.74) is 11.7. The molecule has 0 fully saturated rings. The summed E-state index contributed by atoms with van der Waals surface area (Å²) < 4.78 is 13.5. The van der Waals surface area contributed by atoms with Crippen molar-refractivity contribution in [3.63, 3.8) is 0 Å². The average molecular weight is 430 g/mol. The molecule has 2 nitrogen and oxygen atoms in total. The standard InChI is InChI=1S/C17H19FN2S.HI/c1-10-6-11(2)15(9-21-17(19)20)14(7-10)13-4-5-16(18)12(3)8-13;/h4-8H,9H2,1-3H3,(H3,19,20);1H. The summed E-state index contributed by atoms with van der Waals surface area (Å²) in [4.78, 5) is 0. The van der Waals surface area contributed by atoms with Gasteiger partial charge in [-0.2, -0.15) is 0 Å². The topological polar surface area (TPSA) is 49.9 Å². The Bertz CT molecular complexity index is 701. The minimum atomic E-state index is -0.192. The monoisotopic (exact) mass is 430 g/mol. The van der Waals surface area contributed by atoms with Crippen LogP contribution in [-0.4, -0.2) is 5.17 Å². The Kier molecular flexibility index (Phi) is 6.87. The van der Waals surface area contributed by atoms with Crippen LogP contribution in [0.4, 0.5) is 4.39 Å². The first kappa shape index (κ1) is 19.0. The molecule has 0 heterocycles. The largest absolute Gasteiger partial charge is 0.379 e. The maximum atomic E-state index is 13.5. The summed E-state index contributed by atoms with van der Waals surface area (Å²) in [5.74, 6) is 0.454. The number of benzene rings is 2. The number of halogens is 2. The molecule has 2 aromatic rings. The molecule has 0 saturated carbocycles. The van der Waals surface area contributed by atoms with Crippen LogP contribution in [0.3, 0.4) is 0 Å². The lowest BCUT2D eigenvalue weighted by Crippen LogP contribution is -2.05. The molecule has 0 saturated heterocycles. The van der Waals surface area contributed by atoms with Crippen molar-refractivity contribution in [1.82, 2.24) is 0 Å². The van der Waals surface area contributed by atoms with Gasteiger partial charge in [0, 0.05) is 5.75 Å². The van der Waals surface area contributed by atoms with Crippen molar-refractivity contribution in [1.29, 1.82) is 5.41 Å². The van der Waals surface area contributed by atoms with Gasteiger partial charge in [-0.25, -0.2) is 4.39 Å². The van der Waals surface area contributed by atoms with Crippen molar-refractivity contribution < 1.29 is 4.39 Å². The Labute approximate surface area is 152 Å². The van der Waals surface area contributed by atoms with E-state index in [1.54, 1.807) is 13.0 Å². The molecule has 0 spiro atoms. The molecule has 0 aliphatic heterocycles. The summed E-state index contributed by atoms with van der Waals surface area (Å²) in [5, 5.41) is 7.49. The molecule has 0 amide bonds. The molecule has 22 heavy (non-hydrogen) atoms. The van der Waals surface area contributed by atoms with Gasteiger partial charge in [0.15, 0.2) is 5.17 Å². The molecule has 0 bridgehead atoms. The average Bonchev–Trinajstić information content (AvgIpc) is 2.40. The first-order valence-electron chi connectivity index (χ1n) is 6.72. The molecule has 0 atom stereocenters. The molecule has 118 valence electrons.